The zero-order chi connectivity index (χ0) is 20.8. The van der Waals surface area contributed by atoms with E-state index in [2.05, 4.69) is 64.5 Å². The SMILES string of the molecule is COc1ccc(-c2cc3ccccc3n2C[C@@H](O)CNCCc2ccccc2)cc1. The van der Waals surface area contributed by atoms with Crippen molar-refractivity contribution in [3.63, 3.8) is 0 Å². The molecule has 30 heavy (non-hydrogen) atoms. The lowest BCUT2D eigenvalue weighted by Crippen LogP contribution is -2.31. The van der Waals surface area contributed by atoms with Gasteiger partial charge in [-0.05, 0) is 60.5 Å². The Morgan fingerprint density at radius 1 is 0.933 bits per heavy atom. The average Bonchev–Trinajstić information content (AvgIpc) is 3.16. The van der Waals surface area contributed by atoms with Gasteiger partial charge in [0.1, 0.15) is 5.75 Å². The van der Waals surface area contributed by atoms with E-state index in [0.29, 0.717) is 13.1 Å². The molecule has 0 fully saturated rings. The minimum absolute atomic E-state index is 0.478. The van der Waals surface area contributed by atoms with Crippen LogP contribution in [0.4, 0.5) is 0 Å². The smallest absolute Gasteiger partial charge is 0.118 e. The van der Waals surface area contributed by atoms with Crippen molar-refractivity contribution in [2.45, 2.75) is 19.1 Å². The summed E-state index contributed by atoms with van der Waals surface area (Å²) in [6, 6.07) is 29.0. The number of hydrogen-bond donors (Lipinski definition) is 2. The van der Waals surface area contributed by atoms with Crippen LogP contribution in [-0.2, 0) is 13.0 Å². The number of fused-ring (bicyclic) bond motifs is 1. The lowest BCUT2D eigenvalue weighted by Gasteiger charge is -2.17. The maximum Gasteiger partial charge on any atom is 0.118 e. The summed E-state index contributed by atoms with van der Waals surface area (Å²) in [5, 5.41) is 15.3. The van der Waals surface area contributed by atoms with Crippen LogP contribution in [0.3, 0.4) is 0 Å². The number of aromatic nitrogens is 1. The summed E-state index contributed by atoms with van der Waals surface area (Å²) in [5.74, 6) is 0.837. The lowest BCUT2D eigenvalue weighted by molar-refractivity contribution is 0.154. The Labute approximate surface area is 177 Å². The van der Waals surface area contributed by atoms with Gasteiger partial charge in [0.25, 0.3) is 0 Å². The molecule has 0 bridgehead atoms. The minimum Gasteiger partial charge on any atom is -0.497 e. The van der Waals surface area contributed by atoms with Crippen LogP contribution in [0, 0.1) is 0 Å². The Kier molecular flexibility index (Phi) is 6.47. The minimum atomic E-state index is -0.478. The maximum absolute atomic E-state index is 10.7. The summed E-state index contributed by atoms with van der Waals surface area (Å²) in [6.45, 7) is 1.94. The summed E-state index contributed by atoms with van der Waals surface area (Å²) in [4.78, 5) is 0. The maximum atomic E-state index is 10.7. The third-order valence-electron chi connectivity index (χ3n) is 5.40. The first kappa shape index (κ1) is 20.2. The van der Waals surface area contributed by atoms with Gasteiger partial charge in [-0.3, -0.25) is 0 Å². The highest BCUT2D eigenvalue weighted by atomic mass is 16.5. The van der Waals surface area contributed by atoms with Crippen LogP contribution in [0.2, 0.25) is 0 Å². The molecule has 0 radical (unpaired) electrons. The quantitative estimate of drug-likeness (QED) is 0.406. The predicted molar refractivity (Wildman–Crippen MR) is 123 cm³/mol. The molecule has 0 unspecified atom stereocenters. The van der Waals surface area contributed by atoms with Gasteiger partial charge in [-0.2, -0.15) is 0 Å². The van der Waals surface area contributed by atoms with Crippen molar-refractivity contribution in [3.8, 4) is 17.0 Å². The van der Waals surface area contributed by atoms with Crippen LogP contribution in [0.1, 0.15) is 5.56 Å². The first-order chi connectivity index (χ1) is 14.7. The van der Waals surface area contributed by atoms with Gasteiger partial charge >= 0.3 is 0 Å². The molecule has 4 rings (SSSR count). The molecule has 4 nitrogen and oxygen atoms in total. The number of ether oxygens (including phenoxy) is 1. The number of methoxy groups -OCH3 is 1. The molecule has 0 spiro atoms. The standard InChI is InChI=1S/C26H28N2O2/c1-30-24-13-11-21(12-14-24)26-17-22-9-5-6-10-25(22)28(26)19-23(29)18-27-16-15-20-7-3-2-4-8-20/h2-14,17,23,27,29H,15-16,18-19H2,1H3/t23-/m0/s1. The molecule has 4 heteroatoms. The number of rotatable bonds is 9. The number of aliphatic hydroxyl groups excluding tert-OH is 1. The van der Waals surface area contributed by atoms with E-state index in [1.807, 2.05) is 30.3 Å². The van der Waals surface area contributed by atoms with Crippen molar-refractivity contribution < 1.29 is 9.84 Å². The third-order valence-corrected chi connectivity index (χ3v) is 5.40. The first-order valence-electron chi connectivity index (χ1n) is 10.4. The molecule has 1 heterocycles. The molecule has 3 aromatic carbocycles. The van der Waals surface area contributed by atoms with E-state index in [1.165, 1.54) is 10.9 Å². The van der Waals surface area contributed by atoms with E-state index in [4.69, 9.17) is 4.74 Å². The van der Waals surface area contributed by atoms with E-state index < -0.39 is 6.10 Å². The van der Waals surface area contributed by atoms with E-state index in [1.54, 1.807) is 7.11 Å². The normalized spacial score (nSPS) is 12.2. The Balaban J connectivity index is 1.46. The van der Waals surface area contributed by atoms with Crippen LogP contribution in [-0.4, -0.2) is 36.0 Å². The average molecular weight is 401 g/mol. The van der Waals surface area contributed by atoms with E-state index in [0.717, 1.165) is 35.5 Å². The van der Waals surface area contributed by atoms with Crippen LogP contribution < -0.4 is 10.1 Å². The Morgan fingerprint density at radius 3 is 2.43 bits per heavy atom. The molecule has 154 valence electrons. The fourth-order valence-corrected chi connectivity index (χ4v) is 3.83. The molecule has 0 amide bonds. The summed E-state index contributed by atoms with van der Waals surface area (Å²) in [5.41, 5.74) is 4.64. The topological polar surface area (TPSA) is 46.4 Å². The van der Waals surface area contributed by atoms with E-state index >= 15 is 0 Å². The zero-order valence-corrected chi connectivity index (χ0v) is 17.3. The molecule has 1 atom stereocenters. The highest BCUT2D eigenvalue weighted by Gasteiger charge is 2.14. The van der Waals surface area contributed by atoms with Crippen molar-refractivity contribution in [1.29, 1.82) is 0 Å². The van der Waals surface area contributed by atoms with Gasteiger partial charge in [0, 0.05) is 23.1 Å². The number of hydrogen-bond acceptors (Lipinski definition) is 3. The molecule has 0 aliphatic heterocycles. The monoisotopic (exact) mass is 400 g/mol. The largest absolute Gasteiger partial charge is 0.497 e. The highest BCUT2D eigenvalue weighted by Crippen LogP contribution is 2.29. The van der Waals surface area contributed by atoms with Crippen molar-refractivity contribution in [2.24, 2.45) is 0 Å². The van der Waals surface area contributed by atoms with Crippen molar-refractivity contribution >= 4 is 10.9 Å². The van der Waals surface area contributed by atoms with Gasteiger partial charge in [0.05, 0.1) is 19.8 Å². The van der Waals surface area contributed by atoms with Gasteiger partial charge in [0.15, 0.2) is 0 Å². The molecular weight excluding hydrogens is 372 g/mol. The van der Waals surface area contributed by atoms with E-state index in [9.17, 15) is 5.11 Å². The summed E-state index contributed by atoms with van der Waals surface area (Å²) in [7, 11) is 1.67. The fourth-order valence-electron chi connectivity index (χ4n) is 3.83. The number of nitrogens with zero attached hydrogens (tertiary/aromatic N) is 1. The van der Waals surface area contributed by atoms with Gasteiger partial charge in [-0.1, -0.05) is 48.5 Å². The second-order valence-corrected chi connectivity index (χ2v) is 7.52. The highest BCUT2D eigenvalue weighted by molar-refractivity contribution is 5.87. The number of para-hydroxylation sites is 1. The van der Waals surface area contributed by atoms with Crippen LogP contribution in [0.5, 0.6) is 5.75 Å². The molecule has 4 aromatic rings. The molecule has 0 aliphatic rings. The number of aliphatic hydroxyl groups is 1. The summed E-state index contributed by atoms with van der Waals surface area (Å²) < 4.78 is 7.50. The van der Waals surface area contributed by atoms with Gasteiger partial charge in [-0.25, -0.2) is 0 Å². The Bertz CT molecular complexity index is 1070. The third kappa shape index (κ3) is 4.73. The van der Waals surface area contributed by atoms with E-state index in [-0.39, 0.29) is 0 Å². The molecule has 0 saturated heterocycles. The van der Waals surface area contributed by atoms with Crippen LogP contribution in [0.25, 0.3) is 22.2 Å². The molecule has 2 N–H and O–H groups in total. The van der Waals surface area contributed by atoms with Gasteiger partial charge in [-0.15, -0.1) is 0 Å². The molecular formula is C26H28N2O2. The lowest BCUT2D eigenvalue weighted by atomic mass is 10.1. The molecule has 0 aliphatic carbocycles. The number of nitrogens with one attached hydrogen (secondary N) is 1. The second-order valence-electron chi connectivity index (χ2n) is 7.52. The van der Waals surface area contributed by atoms with Crippen LogP contribution in [0.15, 0.2) is 84.9 Å². The van der Waals surface area contributed by atoms with Crippen molar-refractivity contribution in [1.82, 2.24) is 9.88 Å². The van der Waals surface area contributed by atoms with Crippen molar-refractivity contribution in [2.75, 3.05) is 20.2 Å². The first-order valence-corrected chi connectivity index (χ1v) is 10.4. The zero-order valence-electron chi connectivity index (χ0n) is 17.3. The Morgan fingerprint density at radius 2 is 1.67 bits per heavy atom. The molecule has 1 aromatic heterocycles. The van der Waals surface area contributed by atoms with Crippen LogP contribution >= 0.6 is 0 Å². The molecule has 0 saturated carbocycles. The predicted octanol–water partition coefficient (Wildman–Crippen LogP) is 4.51. The summed E-state index contributed by atoms with van der Waals surface area (Å²) in [6.07, 6.45) is 0.477. The number of benzene rings is 3. The van der Waals surface area contributed by atoms with Gasteiger partial charge in [0.2, 0.25) is 0 Å². The summed E-state index contributed by atoms with van der Waals surface area (Å²) >= 11 is 0. The fraction of sp³-hybridized carbons (Fsp3) is 0.231. The second kappa shape index (κ2) is 9.61. The van der Waals surface area contributed by atoms with Crippen molar-refractivity contribution in [3.05, 3.63) is 90.5 Å². The Hall–Kier alpha value is -3.08. The van der Waals surface area contributed by atoms with Gasteiger partial charge < -0.3 is 19.7 Å².